The normalized spacial score (nSPS) is 44.8. The SMILES string of the molecule is CCN1C[C@]2(OC(=O)c3ccccc3CC(=O)C3CCOCC3)CC[C@H](OC)C3C2C[C@@H]([C@@H]1C)[C@@]1(O)CC(C)[C@H]2CC3[C@]1(O)[C@H]2OC. The number of esters is 1. The van der Waals surface area contributed by atoms with Crippen LogP contribution in [0.4, 0.5) is 0 Å². The molecule has 0 amide bonds. The average molecular weight is 654 g/mol. The number of Topliss-reactive ketones (excluding diaryl/α,β-unsaturated/α-hetero) is 1. The Morgan fingerprint density at radius 3 is 2.45 bits per heavy atom. The van der Waals surface area contributed by atoms with Crippen LogP contribution in [0.3, 0.4) is 0 Å². The molecule has 9 nitrogen and oxygen atoms in total. The molecule has 4 saturated carbocycles. The van der Waals surface area contributed by atoms with Crippen molar-refractivity contribution in [3.8, 4) is 0 Å². The van der Waals surface area contributed by atoms with Gasteiger partial charge in [-0.3, -0.25) is 9.69 Å². The Labute approximate surface area is 279 Å². The van der Waals surface area contributed by atoms with Crippen LogP contribution >= 0.6 is 0 Å². The van der Waals surface area contributed by atoms with Crippen molar-refractivity contribution in [1.29, 1.82) is 0 Å². The number of likely N-dealkylation sites (N-methyl/N-ethyl adjacent to an activating group) is 1. The molecular formula is C38H55NO8. The van der Waals surface area contributed by atoms with Crippen LogP contribution in [-0.4, -0.2) is 102 Å². The first-order valence-electron chi connectivity index (χ1n) is 18.2. The second-order valence-corrected chi connectivity index (χ2v) is 15.9. The summed E-state index contributed by atoms with van der Waals surface area (Å²) in [6.45, 7) is 8.97. The zero-order chi connectivity index (χ0) is 33.3. The summed E-state index contributed by atoms with van der Waals surface area (Å²) in [6.07, 6.45) is 4.24. The number of ether oxygens (including phenoxy) is 4. The van der Waals surface area contributed by atoms with E-state index in [-0.39, 0.29) is 65.8 Å². The number of methoxy groups -OCH3 is 2. The lowest BCUT2D eigenvalue weighted by Crippen LogP contribution is -2.72. The molecule has 260 valence electrons. The summed E-state index contributed by atoms with van der Waals surface area (Å²) in [5, 5.41) is 26.1. The molecular weight excluding hydrogens is 598 g/mol. The predicted molar refractivity (Wildman–Crippen MR) is 175 cm³/mol. The summed E-state index contributed by atoms with van der Waals surface area (Å²) in [5.41, 5.74) is -2.49. The molecule has 2 aliphatic heterocycles. The number of hydrogen-bond acceptors (Lipinski definition) is 9. The first kappa shape index (κ1) is 33.6. The fourth-order valence-electron chi connectivity index (χ4n) is 11.9. The third-order valence-corrected chi connectivity index (χ3v) is 14.1. The molecule has 0 radical (unpaired) electrons. The van der Waals surface area contributed by atoms with Crippen molar-refractivity contribution in [3.63, 3.8) is 0 Å². The molecule has 6 aliphatic rings. The average Bonchev–Trinajstić information content (AvgIpc) is 3.22. The van der Waals surface area contributed by atoms with E-state index in [9.17, 15) is 19.8 Å². The minimum absolute atomic E-state index is 0.0502. The van der Waals surface area contributed by atoms with E-state index in [1.807, 2.05) is 18.2 Å². The molecule has 12 atom stereocenters. The Hall–Kier alpha value is -1.88. The van der Waals surface area contributed by atoms with Crippen molar-refractivity contribution >= 4 is 11.8 Å². The fraction of sp³-hybridized carbons (Fsp3) is 0.789. The number of aliphatic hydroxyl groups is 2. The second kappa shape index (κ2) is 12.5. The number of nitrogens with zero attached hydrogens (tertiary/aromatic N) is 1. The molecule has 4 bridgehead atoms. The maximum Gasteiger partial charge on any atom is 0.339 e. The van der Waals surface area contributed by atoms with Crippen LogP contribution in [0.5, 0.6) is 0 Å². The number of likely N-dealkylation sites (tertiary alicyclic amines) is 1. The van der Waals surface area contributed by atoms with Gasteiger partial charge >= 0.3 is 5.97 Å². The molecule has 6 fully saturated rings. The van der Waals surface area contributed by atoms with Gasteiger partial charge in [-0.25, -0.2) is 4.79 Å². The number of fused-ring (bicyclic) bond motifs is 4. The number of benzene rings is 1. The highest BCUT2D eigenvalue weighted by molar-refractivity contribution is 5.94. The number of hydrogen-bond donors (Lipinski definition) is 2. The van der Waals surface area contributed by atoms with E-state index in [0.717, 1.165) is 13.0 Å². The van der Waals surface area contributed by atoms with Crippen molar-refractivity contribution < 1.29 is 38.7 Å². The molecule has 0 spiro atoms. The van der Waals surface area contributed by atoms with Crippen LogP contribution in [0.1, 0.15) is 81.6 Å². The smallest absolute Gasteiger partial charge is 0.339 e. The van der Waals surface area contributed by atoms with Crippen LogP contribution in [0, 0.1) is 41.4 Å². The van der Waals surface area contributed by atoms with Gasteiger partial charge < -0.3 is 29.2 Å². The Balaban J connectivity index is 1.29. The maximum absolute atomic E-state index is 14.5. The molecule has 4 aliphatic carbocycles. The standard InChI is InChI=1S/C38H55NO8/c1-6-39-21-36(47-35(41)26-10-8-7-9-25(26)17-31(40)24-12-15-46-16-13-24)14-11-32(44-4)33-29(36)19-28(23(39)3)37(42)20-22(2)27-18-30(33)38(37,43)34(27)45-5/h7-10,22-24,27-30,32-34,42-43H,6,11-21H2,1-5H3/t22?,23-,27+,28-,29?,30?,32-,33?,34-,36+,37-,38-/m0/s1. The van der Waals surface area contributed by atoms with Gasteiger partial charge in [0.05, 0.1) is 17.8 Å². The van der Waals surface area contributed by atoms with Gasteiger partial charge in [0.2, 0.25) is 0 Å². The molecule has 9 heteroatoms. The zero-order valence-electron chi connectivity index (χ0n) is 28.9. The highest BCUT2D eigenvalue weighted by Gasteiger charge is 2.77. The number of carbonyl (C=O) groups excluding carboxylic acids is 2. The van der Waals surface area contributed by atoms with Gasteiger partial charge in [-0.2, -0.15) is 0 Å². The van der Waals surface area contributed by atoms with Crippen LogP contribution in [0.15, 0.2) is 24.3 Å². The van der Waals surface area contributed by atoms with Crippen LogP contribution < -0.4 is 0 Å². The second-order valence-electron chi connectivity index (χ2n) is 15.9. The summed E-state index contributed by atoms with van der Waals surface area (Å²) in [6, 6.07) is 7.34. The molecule has 1 aromatic carbocycles. The van der Waals surface area contributed by atoms with Gasteiger partial charge in [0.15, 0.2) is 0 Å². The van der Waals surface area contributed by atoms with E-state index in [1.165, 1.54) is 0 Å². The van der Waals surface area contributed by atoms with Crippen molar-refractivity contribution in [2.24, 2.45) is 41.4 Å². The molecule has 2 N–H and O–H groups in total. The Morgan fingerprint density at radius 2 is 1.74 bits per heavy atom. The monoisotopic (exact) mass is 653 g/mol. The molecule has 0 aromatic heterocycles. The number of ketones is 1. The van der Waals surface area contributed by atoms with Gasteiger partial charge in [0.25, 0.3) is 0 Å². The lowest BCUT2D eigenvalue weighted by molar-refractivity contribution is -0.275. The number of carbonyl (C=O) groups is 2. The minimum atomic E-state index is -1.44. The molecule has 47 heavy (non-hydrogen) atoms. The largest absolute Gasteiger partial charge is 0.454 e. The first-order valence-corrected chi connectivity index (χ1v) is 18.2. The molecule has 2 heterocycles. The summed E-state index contributed by atoms with van der Waals surface area (Å²) in [7, 11) is 3.43. The molecule has 2 saturated heterocycles. The topological polar surface area (TPSA) is 115 Å². The van der Waals surface area contributed by atoms with Crippen LogP contribution in [0.25, 0.3) is 0 Å². The fourth-order valence-corrected chi connectivity index (χ4v) is 11.9. The molecule has 1 aromatic rings. The van der Waals surface area contributed by atoms with Gasteiger partial charge in [0.1, 0.15) is 22.6 Å². The first-order chi connectivity index (χ1) is 22.5. The lowest BCUT2D eigenvalue weighted by Gasteiger charge is -2.58. The van der Waals surface area contributed by atoms with Crippen LogP contribution in [0.2, 0.25) is 0 Å². The number of rotatable bonds is 8. The Bertz CT molecular complexity index is 1350. The van der Waals surface area contributed by atoms with E-state index in [1.54, 1.807) is 20.3 Å². The quantitative estimate of drug-likeness (QED) is 0.401. The van der Waals surface area contributed by atoms with Gasteiger partial charge in [0, 0.05) is 64.2 Å². The molecule has 7 rings (SSSR count). The van der Waals surface area contributed by atoms with Gasteiger partial charge in [-0.05, 0) is 93.7 Å². The maximum atomic E-state index is 14.5. The Morgan fingerprint density at radius 1 is 1.00 bits per heavy atom. The highest BCUT2D eigenvalue weighted by Crippen LogP contribution is 2.68. The summed E-state index contributed by atoms with van der Waals surface area (Å²) >= 11 is 0. The van der Waals surface area contributed by atoms with Gasteiger partial charge in [-0.1, -0.05) is 32.0 Å². The summed E-state index contributed by atoms with van der Waals surface area (Å²) in [4.78, 5) is 30.2. The van der Waals surface area contributed by atoms with Crippen molar-refractivity contribution in [1.82, 2.24) is 4.90 Å². The highest BCUT2D eigenvalue weighted by atomic mass is 16.6. The Kier molecular flexibility index (Phi) is 8.91. The van der Waals surface area contributed by atoms with E-state index >= 15 is 0 Å². The molecule has 4 unspecified atom stereocenters. The predicted octanol–water partition coefficient (Wildman–Crippen LogP) is 4.06. The van der Waals surface area contributed by atoms with E-state index in [2.05, 4.69) is 25.7 Å². The lowest BCUT2D eigenvalue weighted by atomic mass is 9.58. The summed E-state index contributed by atoms with van der Waals surface area (Å²) in [5.74, 6) is -0.719. The van der Waals surface area contributed by atoms with Crippen molar-refractivity contribution in [2.45, 2.75) is 107 Å². The van der Waals surface area contributed by atoms with E-state index in [0.29, 0.717) is 69.4 Å². The van der Waals surface area contributed by atoms with E-state index in [4.69, 9.17) is 18.9 Å². The van der Waals surface area contributed by atoms with Gasteiger partial charge in [-0.15, -0.1) is 0 Å². The third kappa shape index (κ3) is 5.00. The third-order valence-electron chi connectivity index (χ3n) is 14.1. The zero-order valence-corrected chi connectivity index (χ0v) is 28.9. The minimum Gasteiger partial charge on any atom is -0.454 e. The van der Waals surface area contributed by atoms with Crippen molar-refractivity contribution in [3.05, 3.63) is 35.4 Å². The summed E-state index contributed by atoms with van der Waals surface area (Å²) < 4.78 is 24.8. The van der Waals surface area contributed by atoms with Crippen LogP contribution in [-0.2, 0) is 30.2 Å². The van der Waals surface area contributed by atoms with E-state index < -0.39 is 28.9 Å². The van der Waals surface area contributed by atoms with Crippen molar-refractivity contribution in [2.75, 3.05) is 40.5 Å².